The van der Waals surface area contributed by atoms with E-state index in [1.54, 1.807) is 13.0 Å². The fourth-order valence-corrected chi connectivity index (χ4v) is 1.25. The molecule has 1 rings (SSSR count). The topological polar surface area (TPSA) is 63.6 Å². The van der Waals surface area contributed by atoms with Gasteiger partial charge in [0.2, 0.25) is 0 Å². The third-order valence-corrected chi connectivity index (χ3v) is 2.61. The van der Waals surface area contributed by atoms with Crippen molar-refractivity contribution in [2.24, 2.45) is 5.92 Å². The molecule has 0 heterocycles. The highest BCUT2D eigenvalue weighted by Crippen LogP contribution is 2.08. The smallest absolute Gasteiger partial charge is 0.331 e. The average Bonchev–Trinajstić information content (AvgIpc) is 2.36. The van der Waals surface area contributed by atoms with Gasteiger partial charge in [-0.2, -0.15) is 0 Å². The number of carbonyl (C=O) groups is 2. The van der Waals surface area contributed by atoms with E-state index >= 15 is 0 Å². The van der Waals surface area contributed by atoms with Crippen LogP contribution in [0.4, 0.5) is 0 Å². The van der Waals surface area contributed by atoms with Crippen molar-refractivity contribution in [1.29, 1.82) is 0 Å². The summed E-state index contributed by atoms with van der Waals surface area (Å²) < 4.78 is 4.99. The van der Waals surface area contributed by atoms with Crippen LogP contribution >= 0.6 is 0 Å². The predicted molar refractivity (Wildman–Crippen MR) is 67.8 cm³/mol. The van der Waals surface area contributed by atoms with Crippen molar-refractivity contribution >= 4 is 18.0 Å². The summed E-state index contributed by atoms with van der Waals surface area (Å²) in [4.78, 5) is 22.1. The molecule has 0 aromatic heterocycles. The van der Waals surface area contributed by atoms with Crippen molar-refractivity contribution in [2.45, 2.75) is 20.0 Å². The van der Waals surface area contributed by atoms with Crippen molar-refractivity contribution in [3.05, 3.63) is 42.0 Å². The molecule has 0 aliphatic rings. The standard InChI is InChI=1S/C14H16O4/c1-10(14(16)17)11(2)18-13(15)9-8-12-6-4-3-5-7-12/h3-11H,1-2H3,(H,16,17). The van der Waals surface area contributed by atoms with Crippen LogP contribution in [0.5, 0.6) is 0 Å². The molecule has 1 aromatic rings. The summed E-state index contributed by atoms with van der Waals surface area (Å²) in [6.07, 6.45) is 2.26. The van der Waals surface area contributed by atoms with Crippen molar-refractivity contribution < 1.29 is 19.4 Å². The largest absolute Gasteiger partial charge is 0.481 e. The number of rotatable bonds is 5. The molecule has 1 aromatic carbocycles. The Morgan fingerprint density at radius 2 is 1.83 bits per heavy atom. The number of hydrogen-bond donors (Lipinski definition) is 1. The fourth-order valence-electron chi connectivity index (χ4n) is 1.25. The summed E-state index contributed by atoms with van der Waals surface area (Å²) in [5.41, 5.74) is 0.883. The number of carboxylic acid groups (broad SMARTS) is 1. The lowest BCUT2D eigenvalue weighted by Crippen LogP contribution is -2.27. The number of benzene rings is 1. The first-order chi connectivity index (χ1) is 8.50. The van der Waals surface area contributed by atoms with Crippen molar-refractivity contribution in [2.75, 3.05) is 0 Å². The molecular weight excluding hydrogens is 232 g/mol. The van der Waals surface area contributed by atoms with Gasteiger partial charge >= 0.3 is 11.9 Å². The first-order valence-electron chi connectivity index (χ1n) is 5.67. The van der Waals surface area contributed by atoms with Gasteiger partial charge in [0.1, 0.15) is 6.10 Å². The minimum absolute atomic E-state index is 0.542. The third kappa shape index (κ3) is 4.41. The lowest BCUT2D eigenvalue weighted by Gasteiger charge is -2.15. The summed E-state index contributed by atoms with van der Waals surface area (Å²) >= 11 is 0. The Morgan fingerprint density at radius 1 is 1.22 bits per heavy atom. The Hall–Kier alpha value is -2.10. The van der Waals surface area contributed by atoms with Gasteiger partial charge in [0.25, 0.3) is 0 Å². The molecule has 2 unspecified atom stereocenters. The van der Waals surface area contributed by atoms with Crippen molar-refractivity contribution in [3.8, 4) is 0 Å². The van der Waals surface area contributed by atoms with Crippen LogP contribution in [0, 0.1) is 5.92 Å². The van der Waals surface area contributed by atoms with E-state index < -0.39 is 24.0 Å². The van der Waals surface area contributed by atoms with E-state index in [0.717, 1.165) is 5.56 Å². The van der Waals surface area contributed by atoms with Gasteiger partial charge in [-0.3, -0.25) is 4.79 Å². The molecule has 0 amide bonds. The SMILES string of the molecule is CC(OC(=O)C=Cc1ccccc1)C(C)C(=O)O. The minimum Gasteiger partial charge on any atom is -0.481 e. The first-order valence-corrected chi connectivity index (χ1v) is 5.67. The summed E-state index contributed by atoms with van der Waals surface area (Å²) in [6, 6.07) is 9.31. The summed E-state index contributed by atoms with van der Waals surface area (Å²) in [5, 5.41) is 8.76. The number of hydrogen-bond acceptors (Lipinski definition) is 3. The van der Waals surface area contributed by atoms with Gasteiger partial charge in [0.05, 0.1) is 5.92 Å². The molecule has 4 nitrogen and oxygen atoms in total. The second-order valence-corrected chi connectivity index (χ2v) is 4.01. The maximum Gasteiger partial charge on any atom is 0.331 e. The van der Waals surface area contributed by atoms with Crippen molar-refractivity contribution in [3.63, 3.8) is 0 Å². The van der Waals surface area contributed by atoms with Crippen LogP contribution in [0.25, 0.3) is 6.08 Å². The Balaban J connectivity index is 2.52. The van der Waals surface area contributed by atoms with Crippen LogP contribution in [0.1, 0.15) is 19.4 Å². The maximum absolute atomic E-state index is 11.5. The molecule has 1 N–H and O–H groups in total. The zero-order chi connectivity index (χ0) is 13.5. The quantitative estimate of drug-likeness (QED) is 0.641. The summed E-state index contributed by atoms with van der Waals surface area (Å²) in [7, 11) is 0. The number of aliphatic carboxylic acids is 1. The zero-order valence-electron chi connectivity index (χ0n) is 10.4. The lowest BCUT2D eigenvalue weighted by molar-refractivity contribution is -0.152. The van der Waals surface area contributed by atoms with Crippen LogP contribution in [-0.2, 0) is 14.3 Å². The van der Waals surface area contributed by atoms with Gasteiger partial charge in [-0.05, 0) is 25.5 Å². The monoisotopic (exact) mass is 248 g/mol. The number of ether oxygens (including phenoxy) is 1. The minimum atomic E-state index is -0.984. The molecule has 2 atom stereocenters. The Labute approximate surface area is 106 Å². The third-order valence-electron chi connectivity index (χ3n) is 2.61. The van der Waals surface area contributed by atoms with Gasteiger partial charge in [0.15, 0.2) is 0 Å². The second-order valence-electron chi connectivity index (χ2n) is 4.01. The van der Waals surface area contributed by atoms with Gasteiger partial charge < -0.3 is 9.84 Å². The highest BCUT2D eigenvalue weighted by molar-refractivity contribution is 5.87. The number of carbonyl (C=O) groups excluding carboxylic acids is 1. The van der Waals surface area contributed by atoms with Gasteiger partial charge in [-0.1, -0.05) is 30.3 Å². The highest BCUT2D eigenvalue weighted by Gasteiger charge is 2.21. The van der Waals surface area contributed by atoms with E-state index in [4.69, 9.17) is 9.84 Å². The highest BCUT2D eigenvalue weighted by atomic mass is 16.5. The van der Waals surface area contributed by atoms with E-state index in [2.05, 4.69) is 0 Å². The number of carboxylic acids is 1. The molecule has 4 heteroatoms. The summed E-state index contributed by atoms with van der Waals surface area (Å²) in [6.45, 7) is 3.06. The molecule has 0 bridgehead atoms. The molecule has 96 valence electrons. The molecule has 0 aliphatic carbocycles. The molecule has 0 radical (unpaired) electrons. The van der Waals surface area contributed by atoms with E-state index in [9.17, 15) is 9.59 Å². The molecule has 0 aliphatic heterocycles. The molecule has 0 saturated carbocycles. The number of esters is 1. The summed E-state index contributed by atoms with van der Waals surface area (Å²) in [5.74, 6) is -2.25. The lowest BCUT2D eigenvalue weighted by atomic mass is 10.1. The van der Waals surface area contributed by atoms with Crippen LogP contribution < -0.4 is 0 Å². The Bertz CT molecular complexity index is 436. The second kappa shape index (κ2) is 6.59. The van der Waals surface area contributed by atoms with Gasteiger partial charge in [-0.15, -0.1) is 0 Å². The van der Waals surface area contributed by atoms with Crippen LogP contribution in [-0.4, -0.2) is 23.1 Å². The molecule has 0 spiro atoms. The van der Waals surface area contributed by atoms with E-state index in [1.807, 2.05) is 30.3 Å². The van der Waals surface area contributed by atoms with E-state index in [0.29, 0.717) is 0 Å². The van der Waals surface area contributed by atoms with Gasteiger partial charge in [0, 0.05) is 6.08 Å². The zero-order valence-corrected chi connectivity index (χ0v) is 10.4. The van der Waals surface area contributed by atoms with Crippen molar-refractivity contribution in [1.82, 2.24) is 0 Å². The van der Waals surface area contributed by atoms with Crippen LogP contribution in [0.3, 0.4) is 0 Å². The molecule has 18 heavy (non-hydrogen) atoms. The Kier molecular flexibility index (Phi) is 5.11. The van der Waals surface area contributed by atoms with Gasteiger partial charge in [-0.25, -0.2) is 4.79 Å². The Morgan fingerprint density at radius 3 is 2.39 bits per heavy atom. The van der Waals surface area contributed by atoms with E-state index in [1.165, 1.54) is 13.0 Å². The first kappa shape index (κ1) is 14.0. The van der Waals surface area contributed by atoms with E-state index in [-0.39, 0.29) is 0 Å². The molecule has 0 saturated heterocycles. The maximum atomic E-state index is 11.5. The average molecular weight is 248 g/mol. The molecule has 0 fully saturated rings. The normalized spacial score (nSPS) is 14.1. The van der Waals surface area contributed by atoms with Crippen LogP contribution in [0.15, 0.2) is 36.4 Å². The van der Waals surface area contributed by atoms with Crippen LogP contribution in [0.2, 0.25) is 0 Å². The molecular formula is C14H16O4. The predicted octanol–water partition coefficient (Wildman–Crippen LogP) is 2.35. The fraction of sp³-hybridized carbons (Fsp3) is 0.286.